The molecule has 3 unspecified atom stereocenters. The number of benzene rings is 1. The Morgan fingerprint density at radius 2 is 2.12 bits per heavy atom. The lowest BCUT2D eigenvalue weighted by Gasteiger charge is -2.59. The van der Waals surface area contributed by atoms with Crippen molar-refractivity contribution < 1.29 is 22.7 Å². The van der Waals surface area contributed by atoms with Crippen molar-refractivity contribution >= 4 is 6.03 Å². The van der Waals surface area contributed by atoms with Gasteiger partial charge in [-0.3, -0.25) is 9.80 Å². The summed E-state index contributed by atoms with van der Waals surface area (Å²) < 4.78 is 44.5. The van der Waals surface area contributed by atoms with E-state index < -0.39 is 18.4 Å². The number of hydrogen-bond donors (Lipinski definition) is 1. The molecule has 130 valence electrons. The highest BCUT2D eigenvalue weighted by Gasteiger charge is 2.60. The third-order valence-corrected chi connectivity index (χ3v) is 5.32. The maximum Gasteiger partial charge on any atom is 0.401 e. The molecule has 0 radical (unpaired) electrons. The Kier molecular flexibility index (Phi) is 3.25. The number of halogens is 3. The summed E-state index contributed by atoms with van der Waals surface area (Å²) in [7, 11) is 1.64. The largest absolute Gasteiger partial charge is 0.467 e. The van der Waals surface area contributed by atoms with Crippen LogP contribution in [-0.2, 0) is 0 Å². The van der Waals surface area contributed by atoms with Crippen molar-refractivity contribution in [2.45, 2.75) is 24.4 Å². The Morgan fingerprint density at radius 3 is 2.88 bits per heavy atom. The average Bonchev–Trinajstić information content (AvgIpc) is 2.51. The number of likely N-dealkylation sites (tertiary alicyclic amines) is 1. The highest BCUT2D eigenvalue weighted by Crippen LogP contribution is 2.51. The molecule has 24 heavy (non-hydrogen) atoms. The molecule has 5 nitrogen and oxygen atoms in total. The van der Waals surface area contributed by atoms with Gasteiger partial charge in [0.15, 0.2) is 5.72 Å². The molecule has 0 aliphatic carbocycles. The van der Waals surface area contributed by atoms with Crippen molar-refractivity contribution in [2.24, 2.45) is 5.92 Å². The van der Waals surface area contributed by atoms with Crippen molar-refractivity contribution in [1.82, 2.24) is 15.1 Å². The fraction of sp³-hybridized carbons (Fsp3) is 0.562. The van der Waals surface area contributed by atoms with Gasteiger partial charge in [-0.1, -0.05) is 18.2 Å². The Balaban J connectivity index is 1.72. The molecule has 2 amide bonds. The third kappa shape index (κ3) is 2.23. The fourth-order valence-electron chi connectivity index (χ4n) is 4.21. The summed E-state index contributed by atoms with van der Waals surface area (Å²) in [5.74, 6) is 0.432. The van der Waals surface area contributed by atoms with Crippen LogP contribution in [0.5, 0.6) is 5.75 Å². The molecule has 8 heteroatoms. The second-order valence-electron chi connectivity index (χ2n) is 6.68. The number of rotatable bonds is 1. The van der Waals surface area contributed by atoms with Crippen molar-refractivity contribution in [1.29, 1.82) is 0 Å². The zero-order valence-electron chi connectivity index (χ0n) is 13.1. The molecule has 3 atom stereocenters. The summed E-state index contributed by atoms with van der Waals surface area (Å²) in [6.45, 7) is -0.475. The van der Waals surface area contributed by atoms with E-state index in [0.29, 0.717) is 12.2 Å². The summed E-state index contributed by atoms with van der Waals surface area (Å²) in [6, 6.07) is 6.80. The van der Waals surface area contributed by atoms with Crippen LogP contribution in [0, 0.1) is 5.92 Å². The van der Waals surface area contributed by atoms with Crippen molar-refractivity contribution in [2.75, 3.05) is 26.7 Å². The van der Waals surface area contributed by atoms with Crippen LogP contribution in [0.4, 0.5) is 18.0 Å². The number of carbonyl (C=O) groups is 1. The molecule has 1 N–H and O–H groups in total. The van der Waals surface area contributed by atoms with Gasteiger partial charge in [0.25, 0.3) is 0 Å². The second-order valence-corrected chi connectivity index (χ2v) is 6.68. The Labute approximate surface area is 137 Å². The molecule has 2 bridgehead atoms. The van der Waals surface area contributed by atoms with E-state index in [1.165, 1.54) is 9.80 Å². The lowest BCUT2D eigenvalue weighted by molar-refractivity contribution is -0.191. The third-order valence-electron chi connectivity index (χ3n) is 5.32. The van der Waals surface area contributed by atoms with Gasteiger partial charge in [0.1, 0.15) is 5.75 Å². The Hall–Kier alpha value is -1.96. The van der Waals surface area contributed by atoms with Gasteiger partial charge in [-0.2, -0.15) is 13.2 Å². The van der Waals surface area contributed by atoms with Crippen LogP contribution in [0.2, 0.25) is 0 Å². The SMILES string of the molecule is CN1C(=O)NC2c3ccccc3OC13CCN(CC(F)(F)F)CC23. The van der Waals surface area contributed by atoms with E-state index in [9.17, 15) is 18.0 Å². The zero-order valence-corrected chi connectivity index (χ0v) is 13.1. The predicted octanol–water partition coefficient (Wildman–Crippen LogP) is 2.36. The molecule has 2 fully saturated rings. The van der Waals surface area contributed by atoms with E-state index in [1.807, 2.05) is 24.3 Å². The lowest BCUT2D eigenvalue weighted by Crippen LogP contribution is -2.74. The molecular formula is C16H18F3N3O2. The monoisotopic (exact) mass is 341 g/mol. The average molecular weight is 341 g/mol. The molecule has 3 heterocycles. The number of amides is 2. The molecule has 2 saturated heterocycles. The fourth-order valence-corrected chi connectivity index (χ4v) is 4.21. The molecule has 0 spiro atoms. The minimum absolute atomic E-state index is 0.225. The van der Waals surface area contributed by atoms with Crippen molar-refractivity contribution in [3.8, 4) is 5.75 Å². The number of piperidine rings is 1. The van der Waals surface area contributed by atoms with Gasteiger partial charge in [-0.25, -0.2) is 4.79 Å². The summed E-state index contributed by atoms with van der Waals surface area (Å²) in [5, 5.41) is 2.93. The van der Waals surface area contributed by atoms with Gasteiger partial charge in [-0.05, 0) is 6.07 Å². The normalized spacial score (nSPS) is 32.5. The van der Waals surface area contributed by atoms with Crippen molar-refractivity contribution in [3.05, 3.63) is 29.8 Å². The molecule has 1 aromatic carbocycles. The number of para-hydroxylation sites is 1. The van der Waals surface area contributed by atoms with Gasteiger partial charge >= 0.3 is 12.2 Å². The van der Waals surface area contributed by atoms with E-state index in [-0.39, 0.29) is 31.1 Å². The molecule has 4 rings (SSSR count). The number of fused-ring (bicyclic) bond motifs is 2. The first kappa shape index (κ1) is 15.6. The second kappa shape index (κ2) is 5.02. The Bertz CT molecular complexity index is 681. The topological polar surface area (TPSA) is 44.8 Å². The number of urea groups is 1. The number of hydrogen-bond acceptors (Lipinski definition) is 3. The molecule has 0 saturated carbocycles. The maximum absolute atomic E-state index is 12.8. The van der Waals surface area contributed by atoms with Gasteiger partial charge in [-0.15, -0.1) is 0 Å². The minimum atomic E-state index is -4.23. The van der Waals surface area contributed by atoms with E-state index in [0.717, 1.165) is 5.56 Å². The number of alkyl halides is 3. The summed E-state index contributed by atoms with van der Waals surface area (Å²) in [4.78, 5) is 15.2. The standard InChI is InChI=1S/C16H18F3N3O2/c1-21-14(23)20-13-10-4-2-3-5-12(10)24-15(21)6-7-22(8-11(13)15)9-16(17,18)19/h2-5,11,13H,6-9H2,1H3,(H,20,23). The predicted molar refractivity (Wildman–Crippen MR) is 79.4 cm³/mol. The molecule has 3 aliphatic rings. The van der Waals surface area contributed by atoms with E-state index in [2.05, 4.69) is 5.32 Å². The van der Waals surface area contributed by atoms with Crippen LogP contribution < -0.4 is 10.1 Å². The van der Waals surface area contributed by atoms with Gasteiger partial charge < -0.3 is 10.1 Å². The molecular weight excluding hydrogens is 323 g/mol. The first-order valence-electron chi connectivity index (χ1n) is 7.91. The van der Waals surface area contributed by atoms with Crippen LogP contribution in [0.25, 0.3) is 0 Å². The summed E-state index contributed by atoms with van der Waals surface area (Å²) in [6.07, 6.45) is -3.88. The van der Waals surface area contributed by atoms with Crippen LogP contribution in [0.15, 0.2) is 24.3 Å². The van der Waals surface area contributed by atoms with Gasteiger partial charge in [0.05, 0.1) is 18.5 Å². The van der Waals surface area contributed by atoms with Crippen LogP contribution in [0.3, 0.4) is 0 Å². The van der Waals surface area contributed by atoms with Gasteiger partial charge in [0.2, 0.25) is 0 Å². The maximum atomic E-state index is 12.8. The smallest absolute Gasteiger partial charge is 0.401 e. The molecule has 3 aliphatic heterocycles. The van der Waals surface area contributed by atoms with E-state index >= 15 is 0 Å². The first-order chi connectivity index (χ1) is 11.3. The summed E-state index contributed by atoms with van der Waals surface area (Å²) in [5.41, 5.74) is -0.0582. The quantitative estimate of drug-likeness (QED) is 0.853. The lowest BCUT2D eigenvalue weighted by atomic mass is 9.75. The van der Waals surface area contributed by atoms with E-state index in [4.69, 9.17) is 4.74 Å². The molecule has 0 aromatic heterocycles. The molecule has 1 aromatic rings. The van der Waals surface area contributed by atoms with Gasteiger partial charge in [0, 0.05) is 32.1 Å². The summed E-state index contributed by atoms with van der Waals surface area (Å²) >= 11 is 0. The number of carbonyl (C=O) groups excluding carboxylic acids is 1. The number of ether oxygens (including phenoxy) is 1. The van der Waals surface area contributed by atoms with Crippen molar-refractivity contribution in [3.63, 3.8) is 0 Å². The Morgan fingerprint density at radius 1 is 1.38 bits per heavy atom. The van der Waals surface area contributed by atoms with Crippen LogP contribution in [-0.4, -0.2) is 54.4 Å². The zero-order chi connectivity index (χ0) is 17.1. The number of nitrogens with zero attached hydrogens (tertiary/aromatic N) is 2. The van der Waals surface area contributed by atoms with E-state index in [1.54, 1.807) is 7.05 Å². The first-order valence-corrected chi connectivity index (χ1v) is 7.91. The van der Waals surface area contributed by atoms with Crippen LogP contribution in [0.1, 0.15) is 18.0 Å². The minimum Gasteiger partial charge on any atom is -0.467 e. The number of nitrogens with one attached hydrogen (secondary N) is 1. The van der Waals surface area contributed by atoms with Crippen LogP contribution >= 0.6 is 0 Å². The highest BCUT2D eigenvalue weighted by atomic mass is 19.4. The highest BCUT2D eigenvalue weighted by molar-refractivity contribution is 5.77.